The van der Waals surface area contributed by atoms with Gasteiger partial charge in [0.25, 0.3) is 20.4 Å². The number of nitrogens with zero attached hydrogens (tertiary/aromatic N) is 7. The van der Waals surface area contributed by atoms with E-state index in [1.165, 1.54) is 61.0 Å². The molecule has 5 N–H and O–H groups in total. The molecular weight excluding hydrogens is 990 g/mol. The molecule has 4 atom stereocenters. The van der Waals surface area contributed by atoms with Gasteiger partial charge in [0.05, 0.1) is 22.1 Å². The third kappa shape index (κ3) is 11.2. The number of hydrogen-bond acceptors (Lipinski definition) is 12. The number of halogens is 4. The van der Waals surface area contributed by atoms with Crippen LogP contribution in [0.1, 0.15) is 49.5 Å². The van der Waals surface area contributed by atoms with Crippen molar-refractivity contribution < 1.29 is 35.2 Å². The molecule has 6 heterocycles. The highest BCUT2D eigenvalue weighted by Gasteiger charge is 2.42. The molecule has 2 aliphatic heterocycles. The Kier molecular flexibility index (Phi) is 16.3. The molecule has 65 heavy (non-hydrogen) atoms. The third-order valence-electron chi connectivity index (χ3n) is 10.1. The van der Waals surface area contributed by atoms with Gasteiger partial charge in [-0.05, 0) is 73.6 Å². The Labute approximate surface area is 397 Å². The van der Waals surface area contributed by atoms with Crippen molar-refractivity contribution in [1.29, 1.82) is 0 Å². The molecule has 2 saturated heterocycles. The maximum Gasteiger partial charge on any atom is 0.280 e. The minimum absolute atomic E-state index is 0. The van der Waals surface area contributed by atoms with Crippen LogP contribution in [-0.2, 0) is 44.1 Å². The zero-order valence-electron chi connectivity index (χ0n) is 33.2. The molecule has 0 spiro atoms. The number of hydrogen-bond donors (Lipinski definition) is 5. The lowest BCUT2D eigenvalue weighted by Crippen LogP contribution is -2.55. The van der Waals surface area contributed by atoms with Crippen LogP contribution in [0, 0.1) is 16.4 Å². The predicted molar refractivity (Wildman–Crippen MR) is 251 cm³/mol. The van der Waals surface area contributed by atoms with E-state index in [4.69, 9.17) is 35.4 Å². The summed E-state index contributed by atoms with van der Waals surface area (Å²) in [5.41, 5.74) is 2.13. The van der Waals surface area contributed by atoms with Crippen molar-refractivity contribution in [3.63, 3.8) is 0 Å². The number of carbonyl (C=O) groups excluding carboxylic acids is 2. The van der Waals surface area contributed by atoms with E-state index in [0.717, 1.165) is 41.6 Å². The van der Waals surface area contributed by atoms with Gasteiger partial charge in [-0.3, -0.25) is 14.7 Å². The van der Waals surface area contributed by atoms with Crippen LogP contribution < -0.4 is 20.1 Å². The summed E-state index contributed by atoms with van der Waals surface area (Å²) in [6, 6.07) is 8.00. The highest BCUT2D eigenvalue weighted by atomic mass is 35.5. The van der Waals surface area contributed by atoms with Crippen LogP contribution in [0.3, 0.4) is 0 Å². The Bertz CT molecular complexity index is 3000. The van der Waals surface area contributed by atoms with Crippen LogP contribution in [0.5, 0.6) is 0 Å². The fourth-order valence-corrected chi connectivity index (χ4v) is 11.7. The summed E-state index contributed by atoms with van der Waals surface area (Å²) in [5, 5.41) is 23.5. The van der Waals surface area contributed by atoms with Crippen molar-refractivity contribution in [3.05, 3.63) is 102 Å². The van der Waals surface area contributed by atoms with E-state index in [0.29, 0.717) is 16.4 Å². The van der Waals surface area contributed by atoms with Gasteiger partial charge in [0.15, 0.2) is 16.4 Å². The Hall–Kier alpha value is -4.54. The van der Waals surface area contributed by atoms with Gasteiger partial charge in [0.1, 0.15) is 30.0 Å². The van der Waals surface area contributed by atoms with Crippen molar-refractivity contribution in [2.75, 3.05) is 24.7 Å². The zero-order chi connectivity index (χ0) is 45.5. The maximum atomic E-state index is 13.4. The minimum atomic E-state index is -3.92. The first-order valence-electron chi connectivity index (χ1n) is 18.4. The molecule has 0 bridgehead atoms. The van der Waals surface area contributed by atoms with E-state index < -0.39 is 68.0 Å². The summed E-state index contributed by atoms with van der Waals surface area (Å²) in [4.78, 5) is 27.3. The number of anilines is 2. The Balaban J connectivity index is 0.000000237. The third-order valence-corrected chi connectivity index (χ3v) is 16.4. The van der Waals surface area contributed by atoms with E-state index in [1.807, 2.05) is 29.9 Å². The first-order chi connectivity index (χ1) is 29.7. The van der Waals surface area contributed by atoms with Crippen LogP contribution >= 0.6 is 58.1 Å². The number of H-pyrrole nitrogens is 1. The molecule has 0 radical (unpaired) electrons. The van der Waals surface area contributed by atoms with Crippen molar-refractivity contribution >= 4 is 102 Å². The Morgan fingerprint density at radius 3 is 1.58 bits per heavy atom. The van der Waals surface area contributed by atoms with Crippen LogP contribution in [-0.4, -0.2) is 93.0 Å². The molecule has 0 aliphatic carbocycles. The van der Waals surface area contributed by atoms with Gasteiger partial charge in [0, 0.05) is 71.2 Å². The van der Waals surface area contributed by atoms with Gasteiger partial charge < -0.3 is 19.8 Å². The van der Waals surface area contributed by atoms with Crippen LogP contribution in [0.25, 0.3) is 22.8 Å². The number of aromatic amines is 1. The summed E-state index contributed by atoms with van der Waals surface area (Å²) >= 11 is 19.4. The van der Waals surface area contributed by atoms with Crippen molar-refractivity contribution in [3.8, 4) is 22.8 Å². The summed E-state index contributed by atoms with van der Waals surface area (Å²) in [6.45, 7) is 0. The van der Waals surface area contributed by atoms with Gasteiger partial charge in [-0.25, -0.2) is 8.78 Å². The molecule has 4 unspecified atom stereocenters. The van der Waals surface area contributed by atoms with Gasteiger partial charge in [-0.2, -0.15) is 40.0 Å². The normalized spacial score (nSPS) is 20.4. The standard InChI is InChI=1S/C18H18ClFN6O3S3.C18H18ClFN6O3S2.2CH4/c1-25-16(22-23-18(25)30)9-5-15(31-8-9)13-7-14(26(2)32(28,29)24-13)17(27)21-10-3-4-12(20)11(19)6-10;1-25-9-21-23-17(25)10-5-16(30-8-10)14-7-15(26(2)31(28,29)24-14)18(27)22-11-3-4-13(20)12(19)6-11;;/h3-6,8,13-14,24H,7H2,1-2H3,(H,21,27)(H,23,30);3-6,8-9,14-15,24H,7H2,1-2H3,(H,22,27);2*1H4. The zero-order valence-corrected chi connectivity index (χ0v) is 38.8. The summed E-state index contributed by atoms with van der Waals surface area (Å²) in [6.07, 6.45) is 1.97. The number of aromatic nitrogens is 6. The van der Waals surface area contributed by atoms with Crippen LogP contribution in [0.2, 0.25) is 10.0 Å². The quantitative estimate of drug-likeness (QED) is 0.0979. The Morgan fingerprint density at radius 1 is 0.754 bits per heavy atom. The van der Waals surface area contributed by atoms with E-state index in [9.17, 15) is 35.2 Å². The van der Waals surface area contributed by atoms with E-state index in [2.05, 4.69) is 40.5 Å². The molecule has 4 aromatic heterocycles. The number of thiophene rings is 2. The van der Waals surface area contributed by atoms with E-state index in [1.54, 1.807) is 22.5 Å². The van der Waals surface area contributed by atoms with Crippen LogP contribution in [0.15, 0.2) is 65.6 Å². The second-order valence-corrected chi connectivity index (χ2v) is 20.9. The fraction of sp³-hybridized carbons (Fsp3) is 0.316. The summed E-state index contributed by atoms with van der Waals surface area (Å²) in [5.74, 6) is -1.04. The number of carbonyl (C=O) groups is 2. The predicted octanol–water partition coefficient (Wildman–Crippen LogP) is 7.04. The summed E-state index contributed by atoms with van der Waals surface area (Å²) in [7, 11) is -1.57. The second-order valence-electron chi connectivity index (χ2n) is 14.3. The van der Waals surface area contributed by atoms with E-state index >= 15 is 0 Å². The van der Waals surface area contributed by atoms with Crippen molar-refractivity contribution in [2.24, 2.45) is 14.1 Å². The Morgan fingerprint density at radius 2 is 1.20 bits per heavy atom. The molecule has 27 heteroatoms. The van der Waals surface area contributed by atoms with Gasteiger partial charge in [-0.15, -0.1) is 32.9 Å². The molecule has 6 aromatic rings. The molecule has 2 fully saturated rings. The lowest BCUT2D eigenvalue weighted by atomic mass is 10.0. The lowest BCUT2D eigenvalue weighted by molar-refractivity contribution is -0.120. The molecule has 2 aliphatic rings. The SMILES string of the molecule is C.C.CN1C(C(=O)Nc2ccc(F)c(Cl)c2)CC(c2cc(-c3n[nH]c(=S)n3C)cs2)NS1(=O)=O.CN1C(C(=O)Nc2ccc(F)c(Cl)c2)CC(c2cc(-c3nncn3C)cs2)NS1(=O)=O. The number of benzene rings is 2. The fourth-order valence-electron chi connectivity index (χ4n) is 6.65. The topological polar surface area (TPSA) is 221 Å². The first kappa shape index (κ1) is 51.4. The highest BCUT2D eigenvalue weighted by molar-refractivity contribution is 7.87. The smallest absolute Gasteiger partial charge is 0.280 e. The van der Waals surface area contributed by atoms with Gasteiger partial charge >= 0.3 is 0 Å². The first-order valence-corrected chi connectivity index (χ1v) is 24.2. The highest BCUT2D eigenvalue weighted by Crippen LogP contribution is 2.36. The van der Waals surface area contributed by atoms with Crippen molar-refractivity contribution in [1.82, 2.24) is 47.6 Å². The number of amides is 2. The minimum Gasteiger partial charge on any atom is -0.325 e. The molecule has 350 valence electrons. The van der Waals surface area contributed by atoms with Gasteiger partial charge in [-0.1, -0.05) is 38.1 Å². The average molecular weight is 1030 g/mol. The van der Waals surface area contributed by atoms with Crippen molar-refractivity contribution in [2.45, 2.75) is 51.9 Å². The molecule has 18 nitrogen and oxygen atoms in total. The number of likely N-dealkylation sites (N-methyl/N-ethyl adjacent to an activating group) is 2. The van der Waals surface area contributed by atoms with Gasteiger partial charge in [0.2, 0.25) is 11.8 Å². The molecule has 2 amide bonds. The maximum absolute atomic E-state index is 13.4. The second kappa shape index (κ2) is 20.5. The largest absolute Gasteiger partial charge is 0.325 e. The summed E-state index contributed by atoms with van der Waals surface area (Å²) < 4.78 is 88.6. The van der Waals surface area contributed by atoms with Crippen LogP contribution in [0.4, 0.5) is 20.2 Å². The average Bonchev–Trinajstić information content (AvgIpc) is 4.06. The number of aryl methyl sites for hydroxylation is 1. The molecule has 2 aromatic carbocycles. The molecule has 0 saturated carbocycles. The molecule has 8 rings (SSSR count). The number of rotatable bonds is 8. The monoisotopic (exact) mass is 1030 g/mol. The van der Waals surface area contributed by atoms with E-state index in [-0.39, 0.29) is 49.1 Å². The number of nitrogens with one attached hydrogen (secondary N) is 5. The lowest BCUT2D eigenvalue weighted by Gasteiger charge is -2.35. The molecular formula is C38H44Cl2F2N12O6S5.